The van der Waals surface area contributed by atoms with Gasteiger partial charge in [0.1, 0.15) is 45.6 Å². The van der Waals surface area contributed by atoms with Gasteiger partial charge in [-0.15, -0.1) is 11.3 Å². The molecule has 2 aromatic carbocycles. The van der Waals surface area contributed by atoms with Gasteiger partial charge in [0.25, 0.3) is 0 Å². The molecular weight excluding hydrogens is 722 g/mol. The van der Waals surface area contributed by atoms with E-state index in [1.165, 1.54) is 18.6 Å². The largest absolute Gasteiger partial charge is 0.505 e. The van der Waals surface area contributed by atoms with Crippen molar-refractivity contribution in [2.24, 2.45) is 11.8 Å². The number of likely N-dealkylation sites (N-methyl/N-ethyl adjacent to an activating group) is 1. The van der Waals surface area contributed by atoms with Crippen LogP contribution in [0.1, 0.15) is 97.8 Å². The normalized spacial score (nSPS) is 19.7. The van der Waals surface area contributed by atoms with Crippen LogP contribution in [0.15, 0.2) is 12.1 Å². The maximum atomic E-state index is 15.5. The summed E-state index contributed by atoms with van der Waals surface area (Å²) in [7, 11) is 1.79. The van der Waals surface area contributed by atoms with E-state index in [4.69, 9.17) is 19.4 Å². The number of hydrogen-bond acceptors (Lipinski definition) is 11. The first-order valence-electron chi connectivity index (χ1n) is 19.1. The molecule has 2 fully saturated rings. The molecule has 4 aromatic rings. The van der Waals surface area contributed by atoms with Gasteiger partial charge in [0.15, 0.2) is 0 Å². The van der Waals surface area contributed by atoms with Crippen molar-refractivity contribution in [1.29, 1.82) is 5.26 Å². The smallest absolute Gasteiger partial charge is 0.412 e. The highest BCUT2D eigenvalue weighted by atomic mass is 32.1. The van der Waals surface area contributed by atoms with Gasteiger partial charge in [-0.2, -0.15) is 10.2 Å². The molecule has 1 unspecified atom stereocenters. The Labute approximate surface area is 326 Å². The van der Waals surface area contributed by atoms with Crippen molar-refractivity contribution >= 4 is 61.1 Å². The number of benzene rings is 2. The lowest BCUT2D eigenvalue weighted by molar-refractivity contribution is -0.132. The van der Waals surface area contributed by atoms with Gasteiger partial charge in [0, 0.05) is 37.1 Å². The summed E-state index contributed by atoms with van der Waals surface area (Å²) < 4.78 is 27.0. The standard InChI is InChI=1S/C36H40FN7O5S.C5H12/c1-17-11-13-44(18(17)2)34-40-28-27(31(41-34)39-24-8-7-12-43(6)33(24)46)22-16-48-15-21(22)25(29(28)45)19-9-10-23(37)30-26(19)20(14-38)32(50-30)42-35(47)49-36(3,4)5;1-4-5(2)3/h9-10,17-18,24,45H,7-8,11-13,15-16H2,1-6H3,(H,42,47)(H,39,40,41);5H,4H2,1-3H3/t17-,18-,24?;/m0./s1. The van der Waals surface area contributed by atoms with Gasteiger partial charge < -0.3 is 29.7 Å². The number of likely N-dealkylation sites (tertiary alicyclic amines) is 1. The van der Waals surface area contributed by atoms with Crippen molar-refractivity contribution in [2.75, 3.05) is 35.7 Å². The van der Waals surface area contributed by atoms with Gasteiger partial charge in [0.05, 0.1) is 28.9 Å². The molecule has 0 aliphatic carbocycles. The molecule has 5 heterocycles. The SMILES string of the molecule is CCC(C)C.C[C@H]1CCN(c2nc(NC3CCCN(C)C3=O)c3c4c(c(-c5ccc(F)c6sc(NC(=O)OC(C)(C)C)c(C#N)c56)c(O)c3n2)COC4)[C@H]1C. The molecule has 14 heteroatoms. The highest BCUT2D eigenvalue weighted by Gasteiger charge is 2.35. The summed E-state index contributed by atoms with van der Waals surface area (Å²) in [5.74, 6) is 1.36. The lowest BCUT2D eigenvalue weighted by Gasteiger charge is -2.31. The second-order valence-corrected chi connectivity index (χ2v) is 17.2. The average Bonchev–Trinajstić information content (AvgIpc) is 3.84. The number of amides is 2. The molecular formula is C41H52FN7O5S. The van der Waals surface area contributed by atoms with Crippen LogP contribution in [0.2, 0.25) is 0 Å². The number of aromatic nitrogens is 2. The summed E-state index contributed by atoms with van der Waals surface area (Å²) >= 11 is 0.922. The lowest BCUT2D eigenvalue weighted by atomic mass is 9.90. The molecule has 3 N–H and O–H groups in total. The van der Waals surface area contributed by atoms with Crippen LogP contribution in [-0.4, -0.2) is 69.8 Å². The summed E-state index contributed by atoms with van der Waals surface area (Å²) in [5.41, 5.74) is 1.66. The summed E-state index contributed by atoms with van der Waals surface area (Å²) in [6.07, 6.45) is 2.95. The number of rotatable bonds is 6. The Kier molecular flexibility index (Phi) is 11.5. The topological polar surface area (TPSA) is 153 Å². The van der Waals surface area contributed by atoms with E-state index < -0.39 is 23.6 Å². The van der Waals surface area contributed by atoms with Gasteiger partial charge >= 0.3 is 6.09 Å². The predicted octanol–water partition coefficient (Wildman–Crippen LogP) is 8.92. The minimum atomic E-state index is -0.791. The molecule has 55 heavy (non-hydrogen) atoms. The number of fused-ring (bicyclic) bond motifs is 4. The van der Waals surface area contributed by atoms with E-state index in [1.54, 1.807) is 32.7 Å². The fourth-order valence-corrected chi connectivity index (χ4v) is 8.31. The maximum Gasteiger partial charge on any atom is 0.412 e. The predicted molar refractivity (Wildman–Crippen MR) is 215 cm³/mol. The zero-order valence-electron chi connectivity index (χ0n) is 33.2. The molecule has 7 rings (SSSR count). The second-order valence-electron chi connectivity index (χ2n) is 16.2. The number of nitrogens with one attached hydrogen (secondary N) is 2. The van der Waals surface area contributed by atoms with Crippen molar-refractivity contribution in [3.8, 4) is 22.9 Å². The van der Waals surface area contributed by atoms with Crippen molar-refractivity contribution in [2.45, 2.75) is 112 Å². The van der Waals surface area contributed by atoms with Crippen LogP contribution >= 0.6 is 11.3 Å². The molecule has 294 valence electrons. The number of phenols is 1. The van der Waals surface area contributed by atoms with Crippen molar-refractivity contribution < 1.29 is 28.6 Å². The molecule has 3 atom stereocenters. The number of nitrogens with zero attached hydrogens (tertiary/aromatic N) is 5. The van der Waals surface area contributed by atoms with Gasteiger partial charge in [-0.25, -0.2) is 14.2 Å². The number of carbonyl (C=O) groups is 2. The van der Waals surface area contributed by atoms with Crippen LogP contribution in [0, 0.1) is 29.0 Å². The van der Waals surface area contributed by atoms with Crippen molar-refractivity contribution in [3.05, 3.63) is 34.6 Å². The Morgan fingerprint density at radius 2 is 1.87 bits per heavy atom. The number of hydrogen-bond donors (Lipinski definition) is 3. The maximum absolute atomic E-state index is 15.5. The van der Waals surface area contributed by atoms with Crippen LogP contribution < -0.4 is 15.5 Å². The molecule has 0 spiro atoms. The molecule has 12 nitrogen and oxygen atoms in total. The molecule has 0 bridgehead atoms. The van der Waals surface area contributed by atoms with Gasteiger partial charge in [0.2, 0.25) is 11.9 Å². The fourth-order valence-electron chi connectivity index (χ4n) is 7.25. The third-order valence-electron chi connectivity index (χ3n) is 10.8. The zero-order chi connectivity index (χ0) is 39.9. The van der Waals surface area contributed by atoms with Crippen molar-refractivity contribution in [1.82, 2.24) is 14.9 Å². The number of halogens is 1. The van der Waals surface area contributed by atoms with E-state index in [2.05, 4.69) is 56.2 Å². The van der Waals surface area contributed by atoms with E-state index in [1.807, 2.05) is 0 Å². The molecule has 0 radical (unpaired) electrons. The Bertz CT molecular complexity index is 2170. The molecule has 0 saturated carbocycles. The van der Waals surface area contributed by atoms with Crippen LogP contribution in [0.3, 0.4) is 0 Å². The first-order valence-corrected chi connectivity index (χ1v) is 20.0. The number of piperidine rings is 1. The van der Waals surface area contributed by atoms with Crippen LogP contribution in [-0.2, 0) is 27.5 Å². The zero-order valence-corrected chi connectivity index (χ0v) is 34.0. The summed E-state index contributed by atoms with van der Waals surface area (Å²) in [6, 6.07) is 4.60. The number of aromatic hydroxyl groups is 1. The second kappa shape index (κ2) is 15.8. The number of thiophene rings is 1. The number of phenolic OH excluding ortho intramolecular Hbond substituents is 1. The Morgan fingerprint density at radius 3 is 2.51 bits per heavy atom. The van der Waals surface area contributed by atoms with Gasteiger partial charge in [-0.05, 0) is 81.5 Å². The molecule has 3 aliphatic heterocycles. The summed E-state index contributed by atoms with van der Waals surface area (Å²) in [4.78, 5) is 39.8. The Hall–Kier alpha value is -4.74. The lowest BCUT2D eigenvalue weighted by Crippen LogP contribution is -2.45. The molecule has 2 saturated heterocycles. The quantitative estimate of drug-likeness (QED) is 0.173. The van der Waals surface area contributed by atoms with Gasteiger partial charge in [-0.3, -0.25) is 10.1 Å². The highest BCUT2D eigenvalue weighted by molar-refractivity contribution is 7.23. The monoisotopic (exact) mass is 773 g/mol. The third kappa shape index (κ3) is 7.87. The minimum absolute atomic E-state index is 0.0348. The minimum Gasteiger partial charge on any atom is -0.505 e. The van der Waals surface area contributed by atoms with E-state index in [0.717, 1.165) is 42.2 Å². The number of nitriles is 1. The average molecular weight is 774 g/mol. The number of ether oxygens (including phenoxy) is 2. The van der Waals surface area contributed by atoms with Crippen LogP contribution in [0.4, 0.5) is 26.0 Å². The summed E-state index contributed by atoms with van der Waals surface area (Å²) in [5, 5.41) is 29.7. The van der Waals surface area contributed by atoms with Crippen molar-refractivity contribution in [3.63, 3.8) is 0 Å². The Balaban J connectivity index is 0.000000967. The van der Waals surface area contributed by atoms with Crippen LogP contribution in [0.25, 0.3) is 32.1 Å². The van der Waals surface area contributed by atoms with Gasteiger partial charge in [-0.1, -0.05) is 40.2 Å². The molecule has 2 amide bonds. The van der Waals surface area contributed by atoms with E-state index in [9.17, 15) is 20.0 Å². The number of anilines is 3. The Morgan fingerprint density at radius 1 is 1.16 bits per heavy atom. The van der Waals surface area contributed by atoms with Crippen LogP contribution in [0.5, 0.6) is 5.75 Å². The molecule has 2 aromatic heterocycles. The highest BCUT2D eigenvalue weighted by Crippen LogP contribution is 2.51. The van der Waals surface area contributed by atoms with E-state index in [0.29, 0.717) is 52.7 Å². The molecule has 3 aliphatic rings. The van der Waals surface area contributed by atoms with E-state index in [-0.39, 0.29) is 57.1 Å². The van der Waals surface area contributed by atoms with E-state index >= 15 is 4.39 Å². The first kappa shape index (κ1) is 39.9. The fraction of sp³-hybridized carbons (Fsp3) is 0.537. The number of carbonyl (C=O) groups excluding carboxylic acids is 2. The third-order valence-corrected chi connectivity index (χ3v) is 11.9. The summed E-state index contributed by atoms with van der Waals surface area (Å²) in [6.45, 7) is 17.8. The first-order chi connectivity index (χ1) is 26.0.